The molecule has 1 heterocycles. The van der Waals surface area contributed by atoms with E-state index in [1.807, 2.05) is 6.07 Å². The number of halogens is 1. The number of allylic oxidation sites excluding steroid dienone is 1. The van der Waals surface area contributed by atoms with E-state index in [-0.39, 0.29) is 5.82 Å². The second-order valence-corrected chi connectivity index (χ2v) is 5.90. The van der Waals surface area contributed by atoms with Gasteiger partial charge in [0.15, 0.2) is 0 Å². The first kappa shape index (κ1) is 17.5. The van der Waals surface area contributed by atoms with Crippen LogP contribution in [-0.2, 0) is 0 Å². The van der Waals surface area contributed by atoms with E-state index in [0.29, 0.717) is 17.2 Å². The van der Waals surface area contributed by atoms with Gasteiger partial charge in [0.05, 0.1) is 0 Å². The number of rotatable bonds is 6. The topological polar surface area (TPSA) is 48.5 Å². The van der Waals surface area contributed by atoms with Gasteiger partial charge in [-0.1, -0.05) is 33.3 Å². The van der Waals surface area contributed by atoms with Crippen LogP contribution >= 0.6 is 0 Å². The molecule has 1 aromatic carbocycles. The maximum absolute atomic E-state index is 13.7. The molecular weight excluding hydrogens is 291 g/mol. The van der Waals surface area contributed by atoms with Gasteiger partial charge in [-0.2, -0.15) is 0 Å². The first-order valence-corrected chi connectivity index (χ1v) is 8.38. The number of nitrogens with one attached hydrogen (secondary N) is 3. The minimum atomic E-state index is -0.407. The van der Waals surface area contributed by atoms with Crippen LogP contribution in [0.1, 0.15) is 45.6 Å². The lowest BCUT2D eigenvalue weighted by molar-refractivity contribution is 0.405. The van der Waals surface area contributed by atoms with Crippen LogP contribution in [0.2, 0.25) is 0 Å². The summed E-state index contributed by atoms with van der Waals surface area (Å²) in [5.41, 5.74) is 2.06. The highest BCUT2D eigenvalue weighted by molar-refractivity contribution is 5.95. The Kier molecular flexibility index (Phi) is 5.77. The van der Waals surface area contributed by atoms with Gasteiger partial charge in [-0.3, -0.25) is 5.32 Å². The summed E-state index contributed by atoms with van der Waals surface area (Å²) in [5, 5.41) is 9.98. The molecule has 0 bridgehead atoms. The summed E-state index contributed by atoms with van der Waals surface area (Å²) in [4.78, 5) is 4.79. The molecule has 0 aromatic heterocycles. The number of aryl methyl sites for hydroxylation is 1. The zero-order valence-corrected chi connectivity index (χ0v) is 14.5. The van der Waals surface area contributed by atoms with Gasteiger partial charge in [0.25, 0.3) is 0 Å². The SMILES string of the molecule is CCCC1=CC(CC)(NCC)N=C(Nc2ccc(C)c(F)c2)N1. The lowest BCUT2D eigenvalue weighted by Crippen LogP contribution is -2.48. The first-order valence-electron chi connectivity index (χ1n) is 8.38. The van der Waals surface area contributed by atoms with Crippen molar-refractivity contribution < 1.29 is 4.39 Å². The van der Waals surface area contributed by atoms with Crippen molar-refractivity contribution in [3.05, 3.63) is 41.4 Å². The van der Waals surface area contributed by atoms with Crippen molar-refractivity contribution in [2.45, 2.75) is 52.6 Å². The van der Waals surface area contributed by atoms with Crippen LogP contribution in [0.3, 0.4) is 0 Å². The van der Waals surface area contributed by atoms with E-state index in [0.717, 1.165) is 31.5 Å². The molecule has 0 saturated heterocycles. The Bertz CT molecular complexity index is 609. The van der Waals surface area contributed by atoms with Crippen molar-refractivity contribution in [3.8, 4) is 0 Å². The zero-order valence-electron chi connectivity index (χ0n) is 14.5. The van der Waals surface area contributed by atoms with Crippen molar-refractivity contribution in [3.63, 3.8) is 0 Å². The fraction of sp³-hybridized carbons (Fsp3) is 0.500. The average Bonchev–Trinajstić information content (AvgIpc) is 2.51. The van der Waals surface area contributed by atoms with Crippen molar-refractivity contribution >= 4 is 11.6 Å². The molecule has 0 aliphatic carbocycles. The van der Waals surface area contributed by atoms with Gasteiger partial charge in [0, 0.05) is 11.4 Å². The Morgan fingerprint density at radius 1 is 1.26 bits per heavy atom. The Balaban J connectivity index is 2.27. The monoisotopic (exact) mass is 318 g/mol. The number of nitrogens with zero attached hydrogens (tertiary/aromatic N) is 1. The molecule has 0 radical (unpaired) electrons. The van der Waals surface area contributed by atoms with Gasteiger partial charge >= 0.3 is 0 Å². The lowest BCUT2D eigenvalue weighted by Gasteiger charge is -2.33. The molecule has 1 aromatic rings. The van der Waals surface area contributed by atoms with Crippen LogP contribution in [0.5, 0.6) is 0 Å². The van der Waals surface area contributed by atoms with E-state index >= 15 is 0 Å². The molecule has 126 valence electrons. The molecule has 3 N–H and O–H groups in total. The third-order valence-corrected chi connectivity index (χ3v) is 3.98. The number of likely N-dealkylation sites (N-methyl/N-ethyl adjacent to an activating group) is 1. The standard InChI is InChI=1S/C18H27FN4/c1-5-8-15-12-18(6-2,20-7-3)23-17(22-15)21-14-10-9-13(4)16(19)11-14/h9-12,20H,5-8H2,1-4H3,(H2,21,22,23). The smallest absolute Gasteiger partial charge is 0.202 e. The van der Waals surface area contributed by atoms with Crippen molar-refractivity contribution in [1.82, 2.24) is 10.6 Å². The summed E-state index contributed by atoms with van der Waals surface area (Å²) in [5.74, 6) is 0.436. The Morgan fingerprint density at radius 3 is 2.65 bits per heavy atom. The van der Waals surface area contributed by atoms with E-state index in [9.17, 15) is 4.39 Å². The van der Waals surface area contributed by atoms with Gasteiger partial charge in [0.2, 0.25) is 5.96 Å². The molecule has 1 atom stereocenters. The molecule has 0 spiro atoms. The summed E-state index contributed by atoms with van der Waals surface area (Å²) in [6, 6.07) is 5.13. The van der Waals surface area contributed by atoms with Crippen LogP contribution in [0.25, 0.3) is 0 Å². The van der Waals surface area contributed by atoms with Crippen molar-refractivity contribution in [2.75, 3.05) is 11.9 Å². The van der Waals surface area contributed by atoms with Gasteiger partial charge in [-0.15, -0.1) is 0 Å². The number of anilines is 1. The molecule has 4 nitrogen and oxygen atoms in total. The summed E-state index contributed by atoms with van der Waals surface area (Å²) >= 11 is 0. The molecule has 5 heteroatoms. The Hall–Kier alpha value is -1.88. The summed E-state index contributed by atoms with van der Waals surface area (Å²) in [6.07, 6.45) is 5.03. The molecule has 1 aliphatic rings. The highest BCUT2D eigenvalue weighted by atomic mass is 19.1. The fourth-order valence-electron chi connectivity index (χ4n) is 2.71. The van der Waals surface area contributed by atoms with E-state index in [2.05, 4.69) is 42.8 Å². The number of guanidine groups is 1. The van der Waals surface area contributed by atoms with Gasteiger partial charge in [-0.25, -0.2) is 9.38 Å². The average molecular weight is 318 g/mol. The third kappa shape index (κ3) is 4.32. The molecular formula is C18H27FN4. The van der Waals surface area contributed by atoms with Crippen LogP contribution in [0.4, 0.5) is 10.1 Å². The van der Waals surface area contributed by atoms with Crippen LogP contribution in [0, 0.1) is 12.7 Å². The maximum Gasteiger partial charge on any atom is 0.202 e. The number of hydrogen-bond acceptors (Lipinski definition) is 4. The number of hydrogen-bond donors (Lipinski definition) is 3. The number of aliphatic imine (C=N–C) groups is 1. The number of benzene rings is 1. The second-order valence-electron chi connectivity index (χ2n) is 5.90. The fourth-order valence-corrected chi connectivity index (χ4v) is 2.71. The Morgan fingerprint density at radius 2 is 2.04 bits per heavy atom. The van der Waals surface area contributed by atoms with Crippen LogP contribution in [0.15, 0.2) is 35.0 Å². The predicted octanol–water partition coefficient (Wildman–Crippen LogP) is 3.91. The van der Waals surface area contributed by atoms with E-state index in [1.165, 1.54) is 6.07 Å². The van der Waals surface area contributed by atoms with E-state index in [4.69, 9.17) is 4.99 Å². The van der Waals surface area contributed by atoms with E-state index in [1.54, 1.807) is 13.0 Å². The van der Waals surface area contributed by atoms with E-state index < -0.39 is 5.66 Å². The van der Waals surface area contributed by atoms with Gasteiger partial charge in [0.1, 0.15) is 11.5 Å². The maximum atomic E-state index is 13.7. The minimum absolute atomic E-state index is 0.218. The van der Waals surface area contributed by atoms with Crippen LogP contribution in [-0.4, -0.2) is 18.2 Å². The minimum Gasteiger partial charge on any atom is -0.330 e. The molecule has 1 aliphatic heterocycles. The highest BCUT2D eigenvalue weighted by Gasteiger charge is 2.28. The molecule has 2 rings (SSSR count). The highest BCUT2D eigenvalue weighted by Crippen LogP contribution is 2.22. The molecule has 1 unspecified atom stereocenters. The van der Waals surface area contributed by atoms with Crippen molar-refractivity contribution in [2.24, 2.45) is 4.99 Å². The summed E-state index contributed by atoms with van der Waals surface area (Å²) < 4.78 is 13.7. The van der Waals surface area contributed by atoms with Crippen molar-refractivity contribution in [1.29, 1.82) is 0 Å². The van der Waals surface area contributed by atoms with Gasteiger partial charge < -0.3 is 10.6 Å². The second kappa shape index (κ2) is 7.59. The quantitative estimate of drug-likeness (QED) is 0.745. The molecule has 23 heavy (non-hydrogen) atoms. The lowest BCUT2D eigenvalue weighted by atomic mass is 10.0. The normalized spacial score (nSPS) is 20.6. The predicted molar refractivity (Wildman–Crippen MR) is 95.0 cm³/mol. The van der Waals surface area contributed by atoms with Crippen LogP contribution < -0.4 is 16.0 Å². The molecule has 0 amide bonds. The largest absolute Gasteiger partial charge is 0.330 e. The molecule has 0 saturated carbocycles. The third-order valence-electron chi connectivity index (χ3n) is 3.98. The summed E-state index contributed by atoms with van der Waals surface area (Å²) in [7, 11) is 0. The first-order chi connectivity index (χ1) is 11.0. The van der Waals surface area contributed by atoms with Gasteiger partial charge in [-0.05, 0) is 50.1 Å². The Labute approximate surface area is 138 Å². The summed E-state index contributed by atoms with van der Waals surface area (Å²) in [6.45, 7) is 8.92. The zero-order chi connectivity index (χ0) is 16.9. The molecule has 0 fully saturated rings.